The minimum absolute atomic E-state index is 0.0346. The van der Waals surface area contributed by atoms with Crippen LogP contribution in [-0.4, -0.2) is 47.0 Å². The average molecular weight is 809 g/mol. The van der Waals surface area contributed by atoms with Crippen molar-refractivity contribution in [3.05, 3.63) is 125 Å². The van der Waals surface area contributed by atoms with E-state index in [1.165, 1.54) is 30.0 Å². The smallest absolute Gasteiger partial charge is 0.488 e. The number of carbonyl (C=O) groups is 2. The first-order chi connectivity index (χ1) is 25.9. The maximum Gasteiger partial charge on any atom is 0.534 e. The van der Waals surface area contributed by atoms with E-state index in [4.69, 9.17) is 9.47 Å². The van der Waals surface area contributed by atoms with Crippen LogP contribution in [0.5, 0.6) is 11.5 Å². The Morgan fingerprint density at radius 1 is 0.927 bits per heavy atom. The molecular weight excluding hydrogens is 769 g/mol. The molecule has 55 heavy (non-hydrogen) atoms. The molecule has 0 saturated carbocycles. The molecule has 0 aromatic heterocycles. The molecule has 1 saturated heterocycles. The number of alkyl halides is 3. The molecular formula is C38H40F4N2O9S2. The van der Waals surface area contributed by atoms with Gasteiger partial charge in [0.1, 0.15) is 30.0 Å². The molecule has 1 fully saturated rings. The lowest BCUT2D eigenvalue weighted by Gasteiger charge is -2.41. The normalized spacial score (nSPS) is 14.9. The second-order valence-corrected chi connectivity index (χ2v) is 15.8. The largest absolute Gasteiger partial charge is 0.534 e. The molecule has 296 valence electrons. The summed E-state index contributed by atoms with van der Waals surface area (Å²) >= 11 is 0. The number of hydrogen-bond donors (Lipinski definition) is 1. The fourth-order valence-electron chi connectivity index (χ4n) is 5.50. The molecule has 1 aliphatic rings. The van der Waals surface area contributed by atoms with Gasteiger partial charge in [0, 0.05) is 30.8 Å². The summed E-state index contributed by atoms with van der Waals surface area (Å²) in [6.45, 7) is 3.61. The maximum atomic E-state index is 12.9. The van der Waals surface area contributed by atoms with Crippen LogP contribution < -0.4 is 18.5 Å². The predicted molar refractivity (Wildman–Crippen MR) is 196 cm³/mol. The number of esters is 1. The summed E-state index contributed by atoms with van der Waals surface area (Å²) in [5.41, 5.74) is -2.04. The minimum Gasteiger partial charge on any atom is -0.488 e. The zero-order chi connectivity index (χ0) is 40.4. The number of anilines is 1. The molecule has 1 N–H and O–H groups in total. The van der Waals surface area contributed by atoms with Crippen LogP contribution in [0.1, 0.15) is 67.5 Å². The van der Waals surface area contributed by atoms with E-state index in [-0.39, 0.29) is 42.6 Å². The van der Waals surface area contributed by atoms with E-state index in [1.54, 1.807) is 54.6 Å². The molecule has 0 aliphatic carbocycles. The van der Waals surface area contributed by atoms with Crippen molar-refractivity contribution < 1.29 is 57.6 Å². The van der Waals surface area contributed by atoms with Crippen molar-refractivity contribution in [1.29, 1.82) is 0 Å². The Balaban J connectivity index is 0.000000404. The molecule has 4 aromatic carbocycles. The number of carbonyl (C=O) groups excluding carboxylic acids is 2. The average Bonchev–Trinajstić information content (AvgIpc) is 3.11. The number of halogens is 4. The fraction of sp³-hybridized carbons (Fsp3) is 0.316. The zero-order valence-corrected chi connectivity index (χ0v) is 31.7. The van der Waals surface area contributed by atoms with Crippen LogP contribution in [0.4, 0.5) is 23.2 Å². The number of benzene rings is 4. The SMILES string of the molecule is CCC(OC(C)=O)c1ccc(F)cc1.CS(=O)(=O)NCCCc1ccc(N2C(=O)C[C@H]2c2ccc(OS(=O)(=O)C(F)(F)F)cc2OCc2ccccc2)cc1. The number of sulfonamides is 1. The van der Waals surface area contributed by atoms with Gasteiger partial charge in [0.15, 0.2) is 0 Å². The Morgan fingerprint density at radius 2 is 1.58 bits per heavy atom. The lowest BCUT2D eigenvalue weighted by Crippen LogP contribution is -2.46. The molecule has 17 heteroatoms. The van der Waals surface area contributed by atoms with E-state index in [0.29, 0.717) is 37.1 Å². The summed E-state index contributed by atoms with van der Waals surface area (Å²) in [6.07, 6.45) is 2.80. The Hall–Kier alpha value is -5.00. The third-order valence-electron chi connectivity index (χ3n) is 8.16. The van der Waals surface area contributed by atoms with E-state index in [0.717, 1.165) is 35.1 Å². The van der Waals surface area contributed by atoms with E-state index in [9.17, 15) is 44.0 Å². The number of amides is 1. The highest BCUT2D eigenvalue weighted by Gasteiger charge is 2.49. The summed E-state index contributed by atoms with van der Waals surface area (Å²) in [7, 11) is -9.16. The minimum atomic E-state index is -5.90. The van der Waals surface area contributed by atoms with Crippen molar-refractivity contribution in [2.24, 2.45) is 0 Å². The van der Waals surface area contributed by atoms with Gasteiger partial charge >= 0.3 is 21.6 Å². The van der Waals surface area contributed by atoms with Gasteiger partial charge < -0.3 is 18.6 Å². The van der Waals surface area contributed by atoms with Crippen molar-refractivity contribution in [2.75, 3.05) is 17.7 Å². The number of rotatable bonds is 15. The standard InChI is InChI=1S/C27H27F3N2O7S2.C11H13FO2/c1-40(34,35)31-15-5-8-19-9-11-21(12-10-19)32-24(17-26(32)33)23-14-13-22(39-41(36,37)27(28,29)30)16-25(23)38-18-20-6-3-2-4-7-20;1-3-11(14-8(2)13)9-4-6-10(12)7-5-9/h2-4,6-7,9-14,16,24,31H,5,8,15,17-18H2,1H3;4-7,11H,3H2,1-2H3/t24-;/m0./s1. The molecule has 0 spiro atoms. The van der Waals surface area contributed by atoms with Gasteiger partial charge in [0.2, 0.25) is 15.9 Å². The predicted octanol–water partition coefficient (Wildman–Crippen LogP) is 7.29. The number of hydrogen-bond acceptors (Lipinski definition) is 9. The number of ether oxygens (including phenoxy) is 2. The van der Waals surface area contributed by atoms with Gasteiger partial charge in [0.25, 0.3) is 0 Å². The second-order valence-electron chi connectivity index (χ2n) is 12.4. The van der Waals surface area contributed by atoms with Crippen LogP contribution in [0.3, 0.4) is 0 Å². The molecule has 5 rings (SSSR count). The summed E-state index contributed by atoms with van der Waals surface area (Å²) in [6, 6.07) is 25.1. The Morgan fingerprint density at radius 3 is 2.15 bits per heavy atom. The van der Waals surface area contributed by atoms with Crippen molar-refractivity contribution in [1.82, 2.24) is 4.72 Å². The number of nitrogens with one attached hydrogen (secondary N) is 1. The Kier molecular flexibility index (Phi) is 14.4. The topological polar surface area (TPSA) is 145 Å². The van der Waals surface area contributed by atoms with Crippen molar-refractivity contribution in [2.45, 2.75) is 63.8 Å². The van der Waals surface area contributed by atoms with Gasteiger partial charge in [-0.25, -0.2) is 17.5 Å². The molecule has 1 heterocycles. The van der Waals surface area contributed by atoms with E-state index in [1.807, 2.05) is 19.1 Å². The van der Waals surface area contributed by atoms with Crippen LogP contribution >= 0.6 is 0 Å². The van der Waals surface area contributed by atoms with E-state index < -0.39 is 37.4 Å². The highest BCUT2D eigenvalue weighted by atomic mass is 32.2. The van der Waals surface area contributed by atoms with Crippen molar-refractivity contribution >= 4 is 37.7 Å². The molecule has 1 aliphatic heterocycles. The first-order valence-electron chi connectivity index (χ1n) is 17.0. The van der Waals surface area contributed by atoms with Crippen LogP contribution in [-0.2, 0) is 47.5 Å². The summed E-state index contributed by atoms with van der Waals surface area (Å²) < 4.78 is 114. The first-order valence-corrected chi connectivity index (χ1v) is 20.3. The molecule has 1 unspecified atom stereocenters. The van der Waals surface area contributed by atoms with Crippen molar-refractivity contribution in [3.8, 4) is 11.5 Å². The van der Waals surface area contributed by atoms with Gasteiger partial charge in [-0.1, -0.05) is 61.5 Å². The molecule has 0 bridgehead atoms. The quantitative estimate of drug-likeness (QED) is 0.0327. The fourth-order valence-corrected chi connectivity index (χ4v) is 6.47. The van der Waals surface area contributed by atoms with Crippen LogP contribution in [0.2, 0.25) is 0 Å². The number of aryl methyl sites for hydroxylation is 1. The van der Waals surface area contributed by atoms with E-state index in [2.05, 4.69) is 8.91 Å². The Labute approximate surface area is 317 Å². The first kappa shape index (κ1) is 42.7. The van der Waals surface area contributed by atoms with Gasteiger partial charge in [-0.3, -0.25) is 9.59 Å². The van der Waals surface area contributed by atoms with Crippen LogP contribution in [0.15, 0.2) is 97.1 Å². The van der Waals surface area contributed by atoms with Gasteiger partial charge in [-0.15, -0.1) is 0 Å². The van der Waals surface area contributed by atoms with Crippen LogP contribution in [0.25, 0.3) is 0 Å². The number of β-lactam (4-membered cyclic amide) rings is 1. The highest BCUT2D eigenvalue weighted by Crippen LogP contribution is 2.44. The molecule has 0 radical (unpaired) electrons. The molecule has 2 atom stereocenters. The summed E-state index contributed by atoms with van der Waals surface area (Å²) in [4.78, 5) is 24.9. The monoisotopic (exact) mass is 808 g/mol. The highest BCUT2D eigenvalue weighted by molar-refractivity contribution is 7.88. The lowest BCUT2D eigenvalue weighted by molar-refractivity contribution is -0.146. The van der Waals surface area contributed by atoms with Gasteiger partial charge in [-0.2, -0.15) is 21.6 Å². The maximum absolute atomic E-state index is 12.9. The zero-order valence-electron chi connectivity index (χ0n) is 30.1. The lowest BCUT2D eigenvalue weighted by atomic mass is 9.92. The molecule has 11 nitrogen and oxygen atoms in total. The van der Waals surface area contributed by atoms with Gasteiger partial charge in [-0.05, 0) is 72.4 Å². The molecule has 4 aromatic rings. The Bertz CT molecular complexity index is 2130. The van der Waals surface area contributed by atoms with Crippen LogP contribution in [0, 0.1) is 5.82 Å². The second kappa shape index (κ2) is 18.6. The summed E-state index contributed by atoms with van der Waals surface area (Å²) in [5.74, 6) is -1.30. The third-order valence-corrected chi connectivity index (χ3v) is 9.87. The summed E-state index contributed by atoms with van der Waals surface area (Å²) in [5, 5.41) is 0. The number of nitrogens with zero attached hydrogens (tertiary/aromatic N) is 1. The van der Waals surface area contributed by atoms with Gasteiger partial charge in [0.05, 0.1) is 18.7 Å². The van der Waals surface area contributed by atoms with E-state index >= 15 is 0 Å². The van der Waals surface area contributed by atoms with Crippen molar-refractivity contribution in [3.63, 3.8) is 0 Å². The third kappa shape index (κ3) is 12.5. The molecule has 1 amide bonds.